The van der Waals surface area contributed by atoms with Gasteiger partial charge in [0.15, 0.2) is 0 Å². The van der Waals surface area contributed by atoms with Crippen molar-refractivity contribution in [2.45, 2.75) is 12.5 Å². The fraction of sp³-hybridized carbons (Fsp3) is 0.400. The SMILES string of the molecule is CS(=O)(=O)CCC(NN)c1c(F)cccc1Cl. The minimum Gasteiger partial charge on any atom is -0.271 e. The molecule has 1 aromatic carbocycles. The van der Waals surface area contributed by atoms with Crippen LogP contribution in [0.2, 0.25) is 5.02 Å². The molecule has 1 atom stereocenters. The normalized spacial score (nSPS) is 13.6. The summed E-state index contributed by atoms with van der Waals surface area (Å²) in [5.41, 5.74) is 2.58. The van der Waals surface area contributed by atoms with Crippen LogP contribution in [0.1, 0.15) is 18.0 Å². The van der Waals surface area contributed by atoms with Gasteiger partial charge >= 0.3 is 0 Å². The van der Waals surface area contributed by atoms with Crippen molar-refractivity contribution in [2.24, 2.45) is 5.84 Å². The van der Waals surface area contributed by atoms with E-state index in [1.165, 1.54) is 18.2 Å². The Morgan fingerprint density at radius 2 is 2.18 bits per heavy atom. The maximum Gasteiger partial charge on any atom is 0.147 e. The minimum atomic E-state index is -3.12. The summed E-state index contributed by atoms with van der Waals surface area (Å²) < 4.78 is 35.7. The van der Waals surface area contributed by atoms with Crippen molar-refractivity contribution in [1.82, 2.24) is 5.43 Å². The van der Waals surface area contributed by atoms with Gasteiger partial charge in [0.25, 0.3) is 0 Å². The molecule has 0 bridgehead atoms. The number of sulfone groups is 1. The first-order chi connectivity index (χ1) is 7.85. The molecule has 1 aromatic rings. The minimum absolute atomic E-state index is 0.0907. The van der Waals surface area contributed by atoms with Gasteiger partial charge < -0.3 is 0 Å². The van der Waals surface area contributed by atoms with Gasteiger partial charge in [-0.15, -0.1) is 0 Å². The highest BCUT2D eigenvalue weighted by Gasteiger charge is 2.19. The Balaban J connectivity index is 2.94. The van der Waals surface area contributed by atoms with Crippen LogP contribution in [0.15, 0.2) is 18.2 Å². The summed E-state index contributed by atoms with van der Waals surface area (Å²) in [4.78, 5) is 0. The number of rotatable bonds is 5. The topological polar surface area (TPSA) is 72.2 Å². The summed E-state index contributed by atoms with van der Waals surface area (Å²) in [6, 6.07) is 3.64. The number of hydrogen-bond donors (Lipinski definition) is 2. The molecule has 0 radical (unpaired) electrons. The van der Waals surface area contributed by atoms with E-state index in [-0.39, 0.29) is 22.8 Å². The lowest BCUT2D eigenvalue weighted by molar-refractivity contribution is 0.498. The molecule has 0 heterocycles. The highest BCUT2D eigenvalue weighted by Crippen LogP contribution is 2.27. The molecular formula is C10H14ClFN2O2S. The van der Waals surface area contributed by atoms with E-state index in [4.69, 9.17) is 17.4 Å². The highest BCUT2D eigenvalue weighted by atomic mass is 35.5. The summed E-state index contributed by atoms with van der Waals surface area (Å²) >= 11 is 5.87. The zero-order valence-corrected chi connectivity index (χ0v) is 10.9. The van der Waals surface area contributed by atoms with E-state index in [0.717, 1.165) is 6.26 Å². The molecule has 3 N–H and O–H groups in total. The summed E-state index contributed by atoms with van der Waals surface area (Å²) in [6.07, 6.45) is 1.28. The van der Waals surface area contributed by atoms with E-state index in [1.54, 1.807) is 0 Å². The smallest absolute Gasteiger partial charge is 0.147 e. The predicted molar refractivity (Wildman–Crippen MR) is 65.8 cm³/mol. The monoisotopic (exact) mass is 280 g/mol. The first-order valence-corrected chi connectivity index (χ1v) is 7.36. The largest absolute Gasteiger partial charge is 0.271 e. The fourth-order valence-electron chi connectivity index (χ4n) is 1.49. The van der Waals surface area contributed by atoms with Gasteiger partial charge in [-0.2, -0.15) is 0 Å². The number of nitrogens with one attached hydrogen (secondary N) is 1. The second kappa shape index (κ2) is 5.77. The molecule has 1 unspecified atom stereocenters. The molecule has 4 nitrogen and oxygen atoms in total. The second-order valence-corrected chi connectivity index (χ2v) is 6.44. The lowest BCUT2D eigenvalue weighted by atomic mass is 10.0. The molecule has 7 heteroatoms. The van der Waals surface area contributed by atoms with Gasteiger partial charge in [-0.1, -0.05) is 17.7 Å². The Morgan fingerprint density at radius 3 is 2.65 bits per heavy atom. The van der Waals surface area contributed by atoms with Crippen LogP contribution in [0.4, 0.5) is 4.39 Å². The molecule has 0 aliphatic rings. The maximum atomic E-state index is 13.6. The fourth-order valence-corrected chi connectivity index (χ4v) is 2.45. The van der Waals surface area contributed by atoms with Crippen molar-refractivity contribution in [3.63, 3.8) is 0 Å². The molecule has 17 heavy (non-hydrogen) atoms. The van der Waals surface area contributed by atoms with Crippen LogP contribution >= 0.6 is 11.6 Å². The molecule has 0 fully saturated rings. The number of benzene rings is 1. The van der Waals surface area contributed by atoms with E-state index in [0.29, 0.717) is 0 Å². The number of nitrogens with two attached hydrogens (primary N) is 1. The van der Waals surface area contributed by atoms with Crippen molar-refractivity contribution in [2.75, 3.05) is 12.0 Å². The van der Waals surface area contributed by atoms with E-state index >= 15 is 0 Å². The molecule has 0 saturated heterocycles. The molecule has 0 aliphatic heterocycles. The molecule has 0 amide bonds. The van der Waals surface area contributed by atoms with E-state index in [9.17, 15) is 12.8 Å². The lowest BCUT2D eigenvalue weighted by Crippen LogP contribution is -2.30. The quantitative estimate of drug-likeness (QED) is 0.632. The number of halogens is 2. The Morgan fingerprint density at radius 1 is 1.53 bits per heavy atom. The standard InChI is InChI=1S/C10H14ClFN2O2S/c1-17(15,16)6-5-9(14-13)10-7(11)3-2-4-8(10)12/h2-4,9,14H,5-6,13H2,1H3. The van der Waals surface area contributed by atoms with E-state index in [1.807, 2.05) is 0 Å². The number of hydrogen-bond acceptors (Lipinski definition) is 4. The Bertz CT molecular complexity index is 473. The summed E-state index contributed by atoms with van der Waals surface area (Å²) in [7, 11) is -3.12. The maximum absolute atomic E-state index is 13.6. The molecule has 0 aliphatic carbocycles. The van der Waals surface area contributed by atoms with Crippen LogP contribution in [-0.2, 0) is 9.84 Å². The van der Waals surface area contributed by atoms with Crippen molar-refractivity contribution < 1.29 is 12.8 Å². The van der Waals surface area contributed by atoms with E-state index < -0.39 is 21.7 Å². The summed E-state index contributed by atoms with van der Waals surface area (Å²) in [5, 5.41) is 0.224. The van der Waals surface area contributed by atoms with Crippen LogP contribution in [0.25, 0.3) is 0 Å². The third kappa shape index (κ3) is 4.23. The Kier molecular flexibility index (Phi) is 4.88. The predicted octanol–water partition coefficient (Wildman–Crippen LogP) is 1.42. The van der Waals surface area contributed by atoms with Crippen molar-refractivity contribution in [3.8, 4) is 0 Å². The van der Waals surface area contributed by atoms with Gasteiger partial charge in [0, 0.05) is 16.8 Å². The average molecular weight is 281 g/mol. The highest BCUT2D eigenvalue weighted by molar-refractivity contribution is 7.90. The average Bonchev–Trinajstić information content (AvgIpc) is 2.21. The van der Waals surface area contributed by atoms with Crippen molar-refractivity contribution in [3.05, 3.63) is 34.6 Å². The van der Waals surface area contributed by atoms with Gasteiger partial charge in [0.1, 0.15) is 15.7 Å². The van der Waals surface area contributed by atoms with E-state index in [2.05, 4.69) is 5.43 Å². The summed E-state index contributed by atoms with van der Waals surface area (Å²) in [5.74, 6) is 4.71. The van der Waals surface area contributed by atoms with Gasteiger partial charge in [-0.25, -0.2) is 12.8 Å². The van der Waals surface area contributed by atoms with Crippen molar-refractivity contribution >= 4 is 21.4 Å². The molecule has 0 spiro atoms. The first-order valence-electron chi connectivity index (χ1n) is 4.93. The zero-order chi connectivity index (χ0) is 13.1. The number of hydrazine groups is 1. The van der Waals surface area contributed by atoms with Crippen LogP contribution in [0.5, 0.6) is 0 Å². The van der Waals surface area contributed by atoms with Crippen molar-refractivity contribution in [1.29, 1.82) is 0 Å². The first kappa shape index (κ1) is 14.4. The second-order valence-electron chi connectivity index (χ2n) is 3.77. The Hall–Kier alpha value is -0.690. The molecule has 96 valence electrons. The van der Waals surface area contributed by atoms with Crippen LogP contribution in [0, 0.1) is 5.82 Å². The Labute approximate surface area is 105 Å². The summed E-state index contributed by atoms with van der Waals surface area (Å²) in [6.45, 7) is 0. The van der Waals surface area contributed by atoms with Crippen LogP contribution in [-0.4, -0.2) is 20.4 Å². The van der Waals surface area contributed by atoms with Gasteiger partial charge in [-0.3, -0.25) is 11.3 Å². The zero-order valence-electron chi connectivity index (χ0n) is 9.28. The third-order valence-electron chi connectivity index (χ3n) is 2.33. The lowest BCUT2D eigenvalue weighted by Gasteiger charge is -2.17. The van der Waals surface area contributed by atoms with Crippen LogP contribution < -0.4 is 11.3 Å². The third-order valence-corrected chi connectivity index (χ3v) is 3.63. The van der Waals surface area contributed by atoms with Gasteiger partial charge in [-0.05, 0) is 18.6 Å². The molecular weight excluding hydrogens is 267 g/mol. The molecule has 1 rings (SSSR count). The van der Waals surface area contributed by atoms with Gasteiger partial charge in [0.2, 0.25) is 0 Å². The molecule has 0 aromatic heterocycles. The van der Waals surface area contributed by atoms with Gasteiger partial charge in [0.05, 0.1) is 11.8 Å². The van der Waals surface area contributed by atoms with Crippen LogP contribution in [0.3, 0.4) is 0 Å². The molecule has 0 saturated carbocycles.